The Bertz CT molecular complexity index is 641. The molecule has 0 aromatic heterocycles. The minimum atomic E-state index is -0.631. The van der Waals surface area contributed by atoms with Crippen LogP contribution in [-0.2, 0) is 4.79 Å². The molecule has 110 valence electrons. The highest BCUT2D eigenvalue weighted by Crippen LogP contribution is 2.20. The Morgan fingerprint density at radius 2 is 1.90 bits per heavy atom. The average Bonchev–Trinajstić information content (AvgIpc) is 2.45. The van der Waals surface area contributed by atoms with Gasteiger partial charge in [-0.15, -0.1) is 0 Å². The molecule has 2 rings (SSSR count). The quantitative estimate of drug-likeness (QED) is 0.848. The van der Waals surface area contributed by atoms with Gasteiger partial charge >= 0.3 is 0 Å². The molecule has 0 bridgehead atoms. The maximum Gasteiger partial charge on any atom is 0.265 e. The number of amides is 1. The molecule has 0 aliphatic rings. The third-order valence-electron chi connectivity index (χ3n) is 3.00. The van der Waals surface area contributed by atoms with Crippen molar-refractivity contribution < 1.29 is 9.53 Å². The number of nitrogens with two attached hydrogens (primary N) is 1. The number of anilines is 2. The van der Waals surface area contributed by atoms with Crippen LogP contribution in [0.4, 0.5) is 11.4 Å². The van der Waals surface area contributed by atoms with Gasteiger partial charge in [-0.3, -0.25) is 4.79 Å². The van der Waals surface area contributed by atoms with Gasteiger partial charge in [-0.25, -0.2) is 0 Å². The lowest BCUT2D eigenvalue weighted by Crippen LogP contribution is -2.30. The van der Waals surface area contributed by atoms with Crippen LogP contribution in [0.2, 0.25) is 5.02 Å². The number of halogens is 1. The van der Waals surface area contributed by atoms with Gasteiger partial charge in [0.15, 0.2) is 6.10 Å². The van der Waals surface area contributed by atoms with Crippen LogP contribution in [0.15, 0.2) is 42.5 Å². The zero-order valence-electron chi connectivity index (χ0n) is 11.9. The van der Waals surface area contributed by atoms with Crippen molar-refractivity contribution in [2.75, 3.05) is 11.1 Å². The Labute approximate surface area is 128 Å². The van der Waals surface area contributed by atoms with E-state index in [4.69, 9.17) is 22.1 Å². The Kier molecular flexibility index (Phi) is 4.70. The fraction of sp³-hybridized carbons (Fsp3) is 0.188. The standard InChI is InChI=1S/C16H17ClN2O2/c1-10-3-6-13(9-15(10)17)19-16(20)11(2)21-14-7-4-12(18)5-8-14/h3-9,11H,18H2,1-2H3,(H,19,20). The van der Waals surface area contributed by atoms with Gasteiger partial charge in [-0.1, -0.05) is 17.7 Å². The van der Waals surface area contributed by atoms with Gasteiger partial charge in [0.05, 0.1) is 0 Å². The van der Waals surface area contributed by atoms with E-state index in [1.807, 2.05) is 13.0 Å². The lowest BCUT2D eigenvalue weighted by Gasteiger charge is -2.15. The van der Waals surface area contributed by atoms with Crippen LogP contribution >= 0.6 is 11.6 Å². The van der Waals surface area contributed by atoms with Crippen molar-refractivity contribution in [2.24, 2.45) is 0 Å². The van der Waals surface area contributed by atoms with Crippen LogP contribution in [0.1, 0.15) is 12.5 Å². The lowest BCUT2D eigenvalue weighted by molar-refractivity contribution is -0.122. The number of nitrogens with one attached hydrogen (secondary N) is 1. The van der Waals surface area contributed by atoms with E-state index >= 15 is 0 Å². The Morgan fingerprint density at radius 3 is 2.52 bits per heavy atom. The van der Waals surface area contributed by atoms with E-state index in [9.17, 15) is 4.79 Å². The van der Waals surface area contributed by atoms with Gasteiger partial charge in [0.1, 0.15) is 5.75 Å². The van der Waals surface area contributed by atoms with Crippen molar-refractivity contribution in [2.45, 2.75) is 20.0 Å². The summed E-state index contributed by atoms with van der Waals surface area (Å²) in [6.07, 6.45) is -0.631. The predicted molar refractivity (Wildman–Crippen MR) is 85.8 cm³/mol. The first-order chi connectivity index (χ1) is 9.95. The highest BCUT2D eigenvalue weighted by atomic mass is 35.5. The van der Waals surface area contributed by atoms with E-state index in [1.165, 1.54) is 0 Å². The van der Waals surface area contributed by atoms with Crippen molar-refractivity contribution in [3.05, 3.63) is 53.1 Å². The molecule has 0 saturated heterocycles. The molecule has 2 aromatic carbocycles. The first-order valence-electron chi connectivity index (χ1n) is 6.55. The number of hydrogen-bond donors (Lipinski definition) is 2. The van der Waals surface area contributed by atoms with Crippen molar-refractivity contribution in [3.8, 4) is 5.75 Å². The van der Waals surface area contributed by atoms with Crippen LogP contribution in [0.5, 0.6) is 5.75 Å². The minimum absolute atomic E-state index is 0.244. The number of carbonyl (C=O) groups excluding carboxylic acids is 1. The normalized spacial score (nSPS) is 11.8. The molecular formula is C16H17ClN2O2. The number of benzene rings is 2. The molecule has 1 unspecified atom stereocenters. The van der Waals surface area contributed by atoms with Gasteiger partial charge in [0, 0.05) is 16.4 Å². The van der Waals surface area contributed by atoms with Crippen molar-refractivity contribution in [1.29, 1.82) is 0 Å². The van der Waals surface area contributed by atoms with Gasteiger partial charge in [-0.2, -0.15) is 0 Å². The fourth-order valence-corrected chi connectivity index (χ4v) is 1.90. The molecule has 5 heteroatoms. The van der Waals surface area contributed by atoms with Crippen LogP contribution in [-0.4, -0.2) is 12.0 Å². The van der Waals surface area contributed by atoms with Crippen molar-refractivity contribution >= 4 is 28.9 Å². The fourth-order valence-electron chi connectivity index (χ4n) is 1.72. The number of carbonyl (C=O) groups is 1. The molecule has 2 aromatic rings. The minimum Gasteiger partial charge on any atom is -0.481 e. The third kappa shape index (κ3) is 4.13. The Hall–Kier alpha value is -2.20. The zero-order chi connectivity index (χ0) is 15.4. The zero-order valence-corrected chi connectivity index (χ0v) is 12.6. The molecule has 0 heterocycles. The molecule has 3 N–H and O–H groups in total. The van der Waals surface area contributed by atoms with Gasteiger partial charge in [0.25, 0.3) is 5.91 Å². The van der Waals surface area contributed by atoms with Crippen LogP contribution in [0.25, 0.3) is 0 Å². The summed E-state index contributed by atoms with van der Waals surface area (Å²) in [5, 5.41) is 3.38. The summed E-state index contributed by atoms with van der Waals surface area (Å²) in [7, 11) is 0. The number of aryl methyl sites for hydroxylation is 1. The SMILES string of the molecule is Cc1ccc(NC(=O)C(C)Oc2ccc(N)cc2)cc1Cl. The summed E-state index contributed by atoms with van der Waals surface area (Å²) >= 11 is 6.03. The molecule has 4 nitrogen and oxygen atoms in total. The van der Waals surface area contributed by atoms with Gasteiger partial charge in [0.2, 0.25) is 0 Å². The molecular weight excluding hydrogens is 288 g/mol. The molecule has 0 aliphatic heterocycles. The average molecular weight is 305 g/mol. The first-order valence-corrected chi connectivity index (χ1v) is 6.92. The summed E-state index contributed by atoms with van der Waals surface area (Å²) in [5.74, 6) is 0.348. The Morgan fingerprint density at radius 1 is 1.24 bits per heavy atom. The largest absolute Gasteiger partial charge is 0.481 e. The third-order valence-corrected chi connectivity index (χ3v) is 3.41. The van der Waals surface area contributed by atoms with E-state index in [0.29, 0.717) is 22.1 Å². The summed E-state index contributed by atoms with van der Waals surface area (Å²) < 4.78 is 5.56. The molecule has 0 radical (unpaired) electrons. The maximum atomic E-state index is 12.1. The van der Waals surface area contributed by atoms with Crippen LogP contribution < -0.4 is 15.8 Å². The maximum absolute atomic E-state index is 12.1. The summed E-state index contributed by atoms with van der Waals surface area (Å²) in [5.41, 5.74) is 7.85. The van der Waals surface area contributed by atoms with Crippen LogP contribution in [0, 0.1) is 6.92 Å². The highest BCUT2D eigenvalue weighted by molar-refractivity contribution is 6.31. The second-order valence-electron chi connectivity index (χ2n) is 4.78. The predicted octanol–water partition coefficient (Wildman–Crippen LogP) is 3.64. The molecule has 21 heavy (non-hydrogen) atoms. The summed E-state index contributed by atoms with van der Waals surface area (Å²) in [6.45, 7) is 3.59. The van der Waals surface area contributed by atoms with E-state index in [0.717, 1.165) is 5.56 Å². The summed E-state index contributed by atoms with van der Waals surface area (Å²) in [4.78, 5) is 12.1. The summed E-state index contributed by atoms with van der Waals surface area (Å²) in [6, 6.07) is 12.3. The van der Waals surface area contributed by atoms with Crippen molar-refractivity contribution in [3.63, 3.8) is 0 Å². The highest BCUT2D eigenvalue weighted by Gasteiger charge is 2.15. The topological polar surface area (TPSA) is 64.3 Å². The number of nitrogen functional groups attached to an aromatic ring is 1. The lowest BCUT2D eigenvalue weighted by atomic mass is 10.2. The molecule has 0 saturated carbocycles. The van der Waals surface area contributed by atoms with Gasteiger partial charge in [-0.05, 0) is 55.8 Å². The molecule has 1 amide bonds. The smallest absolute Gasteiger partial charge is 0.265 e. The molecule has 0 aliphatic carbocycles. The van der Waals surface area contributed by atoms with Gasteiger partial charge < -0.3 is 15.8 Å². The monoisotopic (exact) mass is 304 g/mol. The molecule has 0 fully saturated rings. The van der Waals surface area contributed by atoms with Crippen LogP contribution in [0.3, 0.4) is 0 Å². The van der Waals surface area contributed by atoms with E-state index < -0.39 is 6.10 Å². The van der Waals surface area contributed by atoms with Crippen molar-refractivity contribution in [1.82, 2.24) is 0 Å². The van der Waals surface area contributed by atoms with E-state index in [1.54, 1.807) is 43.3 Å². The second-order valence-corrected chi connectivity index (χ2v) is 5.19. The van der Waals surface area contributed by atoms with E-state index in [2.05, 4.69) is 5.32 Å². The number of ether oxygens (including phenoxy) is 1. The Balaban J connectivity index is 1.98. The number of rotatable bonds is 4. The van der Waals surface area contributed by atoms with E-state index in [-0.39, 0.29) is 5.91 Å². The second kappa shape index (κ2) is 6.50. The molecule has 1 atom stereocenters. The number of hydrogen-bond acceptors (Lipinski definition) is 3. The molecule has 0 spiro atoms. The first kappa shape index (κ1) is 15.2.